The molecule has 0 aliphatic heterocycles. The third-order valence-electron chi connectivity index (χ3n) is 2.51. The summed E-state index contributed by atoms with van der Waals surface area (Å²) in [5, 5.41) is 9.09. The van der Waals surface area contributed by atoms with Crippen LogP contribution in [0.25, 0.3) is 0 Å². The molecule has 102 valence electrons. The molecule has 0 radical (unpaired) electrons. The fourth-order valence-electron chi connectivity index (χ4n) is 1.39. The molecule has 1 aromatic carbocycles. The van der Waals surface area contributed by atoms with Gasteiger partial charge in [0.2, 0.25) is 10.0 Å². The summed E-state index contributed by atoms with van der Waals surface area (Å²) in [4.78, 5) is -0.251. The smallest absolute Gasteiger partial charge is 0.241 e. The molecule has 0 aliphatic rings. The second-order valence-corrected chi connectivity index (χ2v) is 6.09. The van der Waals surface area contributed by atoms with Crippen LogP contribution in [0.15, 0.2) is 23.1 Å². The van der Waals surface area contributed by atoms with E-state index in [1.165, 1.54) is 6.07 Å². The summed E-state index contributed by atoms with van der Waals surface area (Å²) in [7, 11) is -3.89. The van der Waals surface area contributed by atoms with Gasteiger partial charge in [-0.3, -0.25) is 0 Å². The molecular formula is C11H17FN2O3S. The quantitative estimate of drug-likeness (QED) is 0.690. The van der Waals surface area contributed by atoms with E-state index in [0.717, 1.165) is 12.1 Å². The Kier molecular flexibility index (Phi) is 4.66. The van der Waals surface area contributed by atoms with E-state index in [2.05, 4.69) is 4.72 Å². The third kappa shape index (κ3) is 3.66. The highest BCUT2D eigenvalue weighted by atomic mass is 32.2. The lowest BCUT2D eigenvalue weighted by Crippen LogP contribution is -2.41. The molecule has 0 saturated carbocycles. The van der Waals surface area contributed by atoms with Gasteiger partial charge in [0.05, 0.1) is 11.5 Å². The number of sulfonamides is 1. The van der Waals surface area contributed by atoms with Crippen LogP contribution in [0.5, 0.6) is 0 Å². The van der Waals surface area contributed by atoms with Gasteiger partial charge in [-0.25, -0.2) is 17.5 Å². The Morgan fingerprint density at radius 1 is 1.39 bits per heavy atom. The lowest BCUT2D eigenvalue weighted by atomic mass is 10.1. The molecule has 18 heavy (non-hydrogen) atoms. The Hall–Kier alpha value is -1.18. The summed E-state index contributed by atoms with van der Waals surface area (Å²) in [5.74, 6) is -0.809. The normalized spacial score (nSPS) is 13.8. The summed E-state index contributed by atoms with van der Waals surface area (Å²) < 4.78 is 39.4. The average molecular weight is 276 g/mol. The molecule has 0 aliphatic carbocycles. The Labute approximate surface area is 106 Å². The minimum absolute atomic E-state index is 0.0282. The molecule has 4 N–H and O–H groups in total. The van der Waals surface area contributed by atoms with Gasteiger partial charge in [0, 0.05) is 11.7 Å². The van der Waals surface area contributed by atoms with E-state index in [4.69, 9.17) is 10.8 Å². The maximum Gasteiger partial charge on any atom is 0.241 e. The van der Waals surface area contributed by atoms with Crippen LogP contribution in [-0.4, -0.2) is 26.2 Å². The van der Waals surface area contributed by atoms with Crippen molar-refractivity contribution in [2.24, 2.45) is 5.92 Å². The van der Waals surface area contributed by atoms with Gasteiger partial charge in [0.25, 0.3) is 0 Å². The summed E-state index contributed by atoms with van der Waals surface area (Å²) in [6, 6.07) is 2.46. The molecule has 0 spiro atoms. The Morgan fingerprint density at radius 2 is 2.00 bits per heavy atom. The van der Waals surface area contributed by atoms with Crippen LogP contribution in [0.2, 0.25) is 0 Å². The van der Waals surface area contributed by atoms with Crippen molar-refractivity contribution in [3.63, 3.8) is 0 Å². The minimum Gasteiger partial charge on any atom is -0.399 e. The van der Waals surface area contributed by atoms with Crippen molar-refractivity contribution in [2.75, 3.05) is 12.3 Å². The SMILES string of the molecule is CC(C)[C@@H](CO)NS(=O)(=O)c1cc(N)cc(F)c1. The van der Waals surface area contributed by atoms with Crippen molar-refractivity contribution in [1.82, 2.24) is 4.72 Å². The molecular weight excluding hydrogens is 259 g/mol. The van der Waals surface area contributed by atoms with E-state index in [1.54, 1.807) is 13.8 Å². The maximum absolute atomic E-state index is 13.1. The van der Waals surface area contributed by atoms with Crippen molar-refractivity contribution < 1.29 is 17.9 Å². The van der Waals surface area contributed by atoms with Crippen LogP contribution in [0.4, 0.5) is 10.1 Å². The number of benzene rings is 1. The molecule has 0 unspecified atom stereocenters. The van der Waals surface area contributed by atoms with Crippen molar-refractivity contribution in [3.8, 4) is 0 Å². The van der Waals surface area contributed by atoms with E-state index in [1.807, 2.05) is 0 Å². The molecule has 0 bridgehead atoms. The number of rotatable bonds is 5. The highest BCUT2D eigenvalue weighted by Gasteiger charge is 2.22. The molecule has 0 amide bonds. The van der Waals surface area contributed by atoms with Crippen molar-refractivity contribution in [1.29, 1.82) is 0 Å². The molecule has 0 heterocycles. The van der Waals surface area contributed by atoms with Gasteiger partial charge >= 0.3 is 0 Å². The van der Waals surface area contributed by atoms with Crippen LogP contribution in [0, 0.1) is 11.7 Å². The number of aliphatic hydroxyl groups is 1. The number of anilines is 1. The first-order chi connectivity index (χ1) is 8.26. The minimum atomic E-state index is -3.89. The monoisotopic (exact) mass is 276 g/mol. The van der Waals surface area contributed by atoms with Crippen molar-refractivity contribution in [3.05, 3.63) is 24.0 Å². The Balaban J connectivity index is 3.06. The van der Waals surface area contributed by atoms with Crippen LogP contribution in [0.1, 0.15) is 13.8 Å². The van der Waals surface area contributed by atoms with E-state index in [0.29, 0.717) is 0 Å². The molecule has 5 nitrogen and oxygen atoms in total. The fraction of sp³-hybridized carbons (Fsp3) is 0.455. The van der Waals surface area contributed by atoms with Crippen molar-refractivity contribution in [2.45, 2.75) is 24.8 Å². The van der Waals surface area contributed by atoms with Gasteiger partial charge in [-0.05, 0) is 24.1 Å². The van der Waals surface area contributed by atoms with Crippen LogP contribution < -0.4 is 10.5 Å². The van der Waals surface area contributed by atoms with Crippen LogP contribution >= 0.6 is 0 Å². The number of hydrogen-bond acceptors (Lipinski definition) is 4. The van der Waals surface area contributed by atoms with E-state index in [-0.39, 0.29) is 23.1 Å². The molecule has 1 atom stereocenters. The number of halogens is 1. The second kappa shape index (κ2) is 5.64. The largest absolute Gasteiger partial charge is 0.399 e. The van der Waals surface area contributed by atoms with Gasteiger partial charge < -0.3 is 10.8 Å². The van der Waals surface area contributed by atoms with Crippen LogP contribution in [-0.2, 0) is 10.0 Å². The highest BCUT2D eigenvalue weighted by Crippen LogP contribution is 2.17. The predicted molar refractivity (Wildman–Crippen MR) is 66.8 cm³/mol. The first kappa shape index (κ1) is 14.9. The highest BCUT2D eigenvalue weighted by molar-refractivity contribution is 7.89. The van der Waals surface area contributed by atoms with Gasteiger partial charge in [-0.2, -0.15) is 0 Å². The number of nitrogen functional groups attached to an aromatic ring is 1. The zero-order valence-electron chi connectivity index (χ0n) is 10.2. The van der Waals surface area contributed by atoms with Gasteiger partial charge in [0.15, 0.2) is 0 Å². The summed E-state index contributed by atoms with van der Waals surface area (Å²) in [5.41, 5.74) is 5.43. The van der Waals surface area contributed by atoms with Gasteiger partial charge in [0.1, 0.15) is 5.82 Å². The zero-order valence-corrected chi connectivity index (χ0v) is 11.0. The molecule has 1 rings (SSSR count). The number of aliphatic hydroxyl groups excluding tert-OH is 1. The Morgan fingerprint density at radius 3 is 2.44 bits per heavy atom. The fourth-order valence-corrected chi connectivity index (χ4v) is 2.83. The van der Waals surface area contributed by atoms with E-state index >= 15 is 0 Å². The second-order valence-electron chi connectivity index (χ2n) is 4.37. The molecule has 7 heteroatoms. The summed E-state index contributed by atoms with van der Waals surface area (Å²) >= 11 is 0. The lowest BCUT2D eigenvalue weighted by Gasteiger charge is -2.19. The molecule has 0 fully saturated rings. The third-order valence-corrected chi connectivity index (χ3v) is 3.98. The van der Waals surface area contributed by atoms with E-state index < -0.39 is 21.9 Å². The van der Waals surface area contributed by atoms with Crippen molar-refractivity contribution >= 4 is 15.7 Å². The van der Waals surface area contributed by atoms with Crippen LogP contribution in [0.3, 0.4) is 0 Å². The first-order valence-corrected chi connectivity index (χ1v) is 6.94. The molecule has 0 saturated heterocycles. The lowest BCUT2D eigenvalue weighted by molar-refractivity contribution is 0.227. The number of hydrogen-bond donors (Lipinski definition) is 3. The zero-order chi connectivity index (χ0) is 13.9. The molecule has 1 aromatic rings. The maximum atomic E-state index is 13.1. The predicted octanol–water partition coefficient (Wildman–Crippen LogP) is 0.703. The first-order valence-electron chi connectivity index (χ1n) is 5.45. The van der Waals surface area contributed by atoms with Gasteiger partial charge in [-0.1, -0.05) is 13.8 Å². The number of nitrogens with one attached hydrogen (secondary N) is 1. The van der Waals surface area contributed by atoms with Gasteiger partial charge in [-0.15, -0.1) is 0 Å². The van der Waals surface area contributed by atoms with E-state index in [9.17, 15) is 12.8 Å². The molecule has 0 aromatic heterocycles. The Bertz CT molecular complexity index is 497. The number of nitrogens with two attached hydrogens (primary N) is 1. The summed E-state index contributed by atoms with van der Waals surface area (Å²) in [6.45, 7) is 3.20. The summed E-state index contributed by atoms with van der Waals surface area (Å²) in [6.07, 6.45) is 0. The average Bonchev–Trinajstić information content (AvgIpc) is 2.24. The standard InChI is InChI=1S/C11H17FN2O3S/c1-7(2)11(6-15)14-18(16,17)10-4-8(12)3-9(13)5-10/h3-5,7,11,14-15H,6,13H2,1-2H3/t11-/m1/s1. The topological polar surface area (TPSA) is 92.4 Å².